The number of hydrogen-bond donors (Lipinski definition) is 2. The molecular formula is C17H18FNO4. The second-order valence-corrected chi connectivity index (χ2v) is 6.21. The Morgan fingerprint density at radius 2 is 2.04 bits per heavy atom. The van der Waals surface area contributed by atoms with Gasteiger partial charge in [0.05, 0.1) is 12.0 Å². The highest BCUT2D eigenvalue weighted by atomic mass is 19.1. The van der Waals surface area contributed by atoms with Crippen molar-refractivity contribution in [3.63, 3.8) is 0 Å². The lowest BCUT2D eigenvalue weighted by molar-refractivity contribution is -0.138. The molecule has 3 rings (SSSR count). The normalized spacial score (nSPS) is 16.6. The molecule has 0 saturated heterocycles. The van der Waals surface area contributed by atoms with Crippen LogP contribution in [0.2, 0.25) is 0 Å². The predicted molar refractivity (Wildman–Crippen MR) is 81.8 cm³/mol. The number of nitrogens with one attached hydrogen (secondary N) is 1. The molecular weight excluding hydrogens is 301 g/mol. The van der Waals surface area contributed by atoms with E-state index in [9.17, 15) is 14.0 Å². The smallest absolute Gasteiger partial charge is 0.305 e. The number of aliphatic carboxylic acids is 1. The molecule has 0 bridgehead atoms. The summed E-state index contributed by atoms with van der Waals surface area (Å²) in [4.78, 5) is 23.7. The lowest BCUT2D eigenvalue weighted by Crippen LogP contribution is -2.47. The minimum Gasteiger partial charge on any atom is -0.481 e. The van der Waals surface area contributed by atoms with Crippen LogP contribution in [0.3, 0.4) is 0 Å². The van der Waals surface area contributed by atoms with Crippen molar-refractivity contribution in [2.24, 2.45) is 0 Å². The summed E-state index contributed by atoms with van der Waals surface area (Å²) in [6, 6.07) is 4.08. The summed E-state index contributed by atoms with van der Waals surface area (Å²) in [6.07, 6.45) is 2.94. The number of fused-ring (bicyclic) bond motifs is 1. The molecule has 0 radical (unpaired) electrons. The highest BCUT2D eigenvalue weighted by molar-refractivity contribution is 5.99. The number of benzene rings is 1. The van der Waals surface area contributed by atoms with E-state index in [-0.39, 0.29) is 12.2 Å². The first-order valence-corrected chi connectivity index (χ1v) is 7.63. The Morgan fingerprint density at radius 1 is 1.35 bits per heavy atom. The molecule has 2 N–H and O–H groups in total. The van der Waals surface area contributed by atoms with E-state index < -0.39 is 23.2 Å². The first kappa shape index (κ1) is 15.5. The van der Waals surface area contributed by atoms with Gasteiger partial charge in [0.15, 0.2) is 5.76 Å². The van der Waals surface area contributed by atoms with E-state index in [2.05, 4.69) is 5.32 Å². The van der Waals surface area contributed by atoms with E-state index in [1.54, 1.807) is 6.92 Å². The van der Waals surface area contributed by atoms with Gasteiger partial charge in [0.1, 0.15) is 11.4 Å². The number of amides is 1. The van der Waals surface area contributed by atoms with Gasteiger partial charge in [-0.3, -0.25) is 9.59 Å². The maximum absolute atomic E-state index is 13.4. The Balaban J connectivity index is 1.91. The second-order valence-electron chi connectivity index (χ2n) is 6.21. The van der Waals surface area contributed by atoms with Crippen LogP contribution >= 0.6 is 0 Å². The van der Waals surface area contributed by atoms with Gasteiger partial charge in [-0.15, -0.1) is 0 Å². The van der Waals surface area contributed by atoms with Crippen molar-refractivity contribution in [2.75, 3.05) is 0 Å². The predicted octanol–water partition coefficient (Wildman–Crippen LogP) is 3.40. The van der Waals surface area contributed by atoms with Crippen LogP contribution in [0.5, 0.6) is 0 Å². The first-order valence-electron chi connectivity index (χ1n) is 7.63. The molecule has 1 saturated carbocycles. The fourth-order valence-corrected chi connectivity index (χ4v) is 3.39. The van der Waals surface area contributed by atoms with Crippen molar-refractivity contribution in [3.8, 4) is 0 Å². The maximum Gasteiger partial charge on any atom is 0.305 e. The monoisotopic (exact) mass is 319 g/mol. The summed E-state index contributed by atoms with van der Waals surface area (Å²) in [5.41, 5.74) is 0.271. The van der Waals surface area contributed by atoms with Crippen LogP contribution in [0.1, 0.15) is 48.2 Å². The van der Waals surface area contributed by atoms with E-state index in [4.69, 9.17) is 9.52 Å². The van der Waals surface area contributed by atoms with Gasteiger partial charge in [-0.25, -0.2) is 4.39 Å². The number of carbonyl (C=O) groups excluding carboxylic acids is 1. The third-order valence-corrected chi connectivity index (χ3v) is 4.53. The fraction of sp³-hybridized carbons (Fsp3) is 0.412. The Hall–Kier alpha value is -2.37. The molecule has 122 valence electrons. The molecule has 1 aliphatic rings. The van der Waals surface area contributed by atoms with Gasteiger partial charge in [0, 0.05) is 10.9 Å². The van der Waals surface area contributed by atoms with Gasteiger partial charge < -0.3 is 14.8 Å². The van der Waals surface area contributed by atoms with Crippen LogP contribution in [0.15, 0.2) is 22.6 Å². The lowest BCUT2D eigenvalue weighted by atomic mass is 9.93. The average Bonchev–Trinajstić information content (AvgIpc) is 3.04. The molecule has 5 nitrogen and oxygen atoms in total. The van der Waals surface area contributed by atoms with E-state index >= 15 is 0 Å². The molecule has 1 fully saturated rings. The van der Waals surface area contributed by atoms with Crippen LogP contribution in [0.4, 0.5) is 4.39 Å². The maximum atomic E-state index is 13.4. The molecule has 1 amide bonds. The number of carboxylic acids is 1. The van der Waals surface area contributed by atoms with Gasteiger partial charge in [-0.05, 0) is 38.0 Å². The van der Waals surface area contributed by atoms with Gasteiger partial charge in [-0.1, -0.05) is 12.8 Å². The van der Waals surface area contributed by atoms with Crippen molar-refractivity contribution in [3.05, 3.63) is 35.3 Å². The molecule has 0 atom stereocenters. The summed E-state index contributed by atoms with van der Waals surface area (Å²) in [6.45, 7) is 1.69. The molecule has 1 aromatic carbocycles. The largest absolute Gasteiger partial charge is 0.481 e. The average molecular weight is 319 g/mol. The minimum atomic E-state index is -0.935. The number of halogens is 1. The number of hydrogen-bond acceptors (Lipinski definition) is 3. The minimum absolute atomic E-state index is 0.105. The first-order chi connectivity index (χ1) is 10.9. The Labute approximate surface area is 132 Å². The van der Waals surface area contributed by atoms with Crippen LogP contribution < -0.4 is 5.32 Å². The summed E-state index contributed by atoms with van der Waals surface area (Å²) in [5.74, 6) is -1.66. The summed E-state index contributed by atoms with van der Waals surface area (Å²) >= 11 is 0. The number of furan rings is 1. The van der Waals surface area contributed by atoms with Gasteiger partial charge in [0.25, 0.3) is 5.91 Å². The molecule has 1 heterocycles. The lowest BCUT2D eigenvalue weighted by Gasteiger charge is -2.28. The van der Waals surface area contributed by atoms with Gasteiger partial charge >= 0.3 is 5.97 Å². The van der Waals surface area contributed by atoms with Crippen LogP contribution in [-0.4, -0.2) is 22.5 Å². The summed E-state index contributed by atoms with van der Waals surface area (Å²) in [7, 11) is 0. The summed E-state index contributed by atoms with van der Waals surface area (Å²) < 4.78 is 18.9. The zero-order valence-corrected chi connectivity index (χ0v) is 12.8. The highest BCUT2D eigenvalue weighted by Gasteiger charge is 2.38. The molecule has 1 aliphatic carbocycles. The molecule has 23 heavy (non-hydrogen) atoms. The van der Waals surface area contributed by atoms with Crippen LogP contribution in [0, 0.1) is 12.7 Å². The van der Waals surface area contributed by atoms with Crippen LogP contribution in [-0.2, 0) is 4.79 Å². The molecule has 2 aromatic rings. The molecule has 0 spiro atoms. The van der Waals surface area contributed by atoms with Gasteiger partial charge in [-0.2, -0.15) is 0 Å². The van der Waals surface area contributed by atoms with E-state index in [1.165, 1.54) is 18.2 Å². The third-order valence-electron chi connectivity index (χ3n) is 4.53. The van der Waals surface area contributed by atoms with Crippen molar-refractivity contribution < 1.29 is 23.5 Å². The quantitative estimate of drug-likeness (QED) is 0.905. The Kier molecular flexibility index (Phi) is 3.83. The zero-order valence-electron chi connectivity index (χ0n) is 12.8. The van der Waals surface area contributed by atoms with E-state index in [1.807, 2.05) is 0 Å². The van der Waals surface area contributed by atoms with Crippen molar-refractivity contribution >= 4 is 22.8 Å². The van der Waals surface area contributed by atoms with Crippen LogP contribution in [0.25, 0.3) is 11.0 Å². The standard InChI is InChI=1S/C17H18FNO4/c1-10-12-8-11(18)4-5-13(12)23-15(10)16(22)19-17(9-14(20)21)6-2-3-7-17/h4-5,8H,2-3,6-7,9H2,1H3,(H,19,22)(H,20,21). The SMILES string of the molecule is Cc1c(C(=O)NC2(CC(=O)O)CCCC2)oc2ccc(F)cc12. The molecule has 0 unspecified atom stereocenters. The van der Waals surface area contributed by atoms with Crippen molar-refractivity contribution in [1.29, 1.82) is 0 Å². The number of carboxylic acid groups (broad SMARTS) is 1. The molecule has 0 aliphatic heterocycles. The Bertz CT molecular complexity index is 774. The number of rotatable bonds is 4. The van der Waals surface area contributed by atoms with E-state index in [0.29, 0.717) is 29.4 Å². The fourth-order valence-electron chi connectivity index (χ4n) is 3.39. The van der Waals surface area contributed by atoms with E-state index in [0.717, 1.165) is 12.8 Å². The number of aryl methyl sites for hydroxylation is 1. The molecule has 6 heteroatoms. The van der Waals surface area contributed by atoms with Crippen molar-refractivity contribution in [2.45, 2.75) is 44.6 Å². The Morgan fingerprint density at radius 3 is 2.70 bits per heavy atom. The topological polar surface area (TPSA) is 79.5 Å². The van der Waals surface area contributed by atoms with Gasteiger partial charge in [0.2, 0.25) is 0 Å². The highest BCUT2D eigenvalue weighted by Crippen LogP contribution is 2.34. The van der Waals surface area contributed by atoms with Crippen molar-refractivity contribution in [1.82, 2.24) is 5.32 Å². The number of carbonyl (C=O) groups is 2. The zero-order chi connectivity index (χ0) is 16.6. The molecule has 1 aromatic heterocycles. The second kappa shape index (κ2) is 5.68. The summed E-state index contributed by atoms with van der Waals surface area (Å²) in [5, 5.41) is 12.5. The third kappa shape index (κ3) is 2.93.